The Labute approximate surface area is 91.9 Å². The number of rotatable bonds is 2. The van der Waals surface area contributed by atoms with Crippen LogP contribution in [0, 0.1) is 0 Å². The molecule has 1 fully saturated rings. The largest absolute Gasteiger partial charge is 0.452 e. The van der Waals surface area contributed by atoms with Gasteiger partial charge in [-0.05, 0) is 48.0 Å². The van der Waals surface area contributed by atoms with Crippen LogP contribution in [-0.2, 0) is 10.3 Å². The van der Waals surface area contributed by atoms with Gasteiger partial charge in [-0.25, -0.2) is 0 Å². The lowest BCUT2D eigenvalue weighted by molar-refractivity contribution is 0.0307. The van der Waals surface area contributed by atoms with E-state index in [-0.39, 0.29) is 5.54 Å². The minimum atomic E-state index is -0.0374. The van der Waals surface area contributed by atoms with E-state index in [4.69, 9.17) is 9.15 Å². The quantitative estimate of drug-likeness (QED) is 0.885. The van der Waals surface area contributed by atoms with Crippen LogP contribution in [0.1, 0.15) is 18.6 Å². The van der Waals surface area contributed by atoms with Gasteiger partial charge < -0.3 is 14.5 Å². The molecule has 0 atom stereocenters. The van der Waals surface area contributed by atoms with Crippen LogP contribution in [0.4, 0.5) is 0 Å². The molecule has 2 rings (SSSR count). The molecule has 1 aromatic rings. The molecule has 0 spiro atoms. The summed E-state index contributed by atoms with van der Waals surface area (Å²) in [6.45, 7) is 1.58. The molecule has 0 bridgehead atoms. The zero-order valence-corrected chi connectivity index (χ0v) is 9.76. The van der Waals surface area contributed by atoms with Crippen LogP contribution in [0.3, 0.4) is 0 Å². The second-order valence-electron chi connectivity index (χ2n) is 3.55. The van der Waals surface area contributed by atoms with Gasteiger partial charge in [-0.1, -0.05) is 0 Å². The van der Waals surface area contributed by atoms with Crippen molar-refractivity contribution in [2.45, 2.75) is 18.4 Å². The first-order valence-corrected chi connectivity index (χ1v) is 5.59. The predicted molar refractivity (Wildman–Crippen MR) is 57.2 cm³/mol. The molecule has 2 heterocycles. The molecule has 3 nitrogen and oxygen atoms in total. The molecule has 0 aromatic carbocycles. The van der Waals surface area contributed by atoms with Gasteiger partial charge in [-0.15, -0.1) is 0 Å². The first-order valence-electron chi connectivity index (χ1n) is 4.79. The van der Waals surface area contributed by atoms with Gasteiger partial charge >= 0.3 is 0 Å². The highest BCUT2D eigenvalue weighted by Crippen LogP contribution is 2.33. The van der Waals surface area contributed by atoms with Gasteiger partial charge in [0.05, 0.1) is 5.54 Å². The highest BCUT2D eigenvalue weighted by atomic mass is 79.9. The topological polar surface area (TPSA) is 34.4 Å². The van der Waals surface area contributed by atoms with Crippen LogP contribution < -0.4 is 5.32 Å². The van der Waals surface area contributed by atoms with E-state index < -0.39 is 0 Å². The van der Waals surface area contributed by atoms with Crippen LogP contribution in [0.2, 0.25) is 0 Å². The molecule has 1 N–H and O–H groups in total. The van der Waals surface area contributed by atoms with Gasteiger partial charge in [0, 0.05) is 13.2 Å². The molecule has 1 aliphatic heterocycles. The molecule has 0 amide bonds. The fraction of sp³-hybridized carbons (Fsp3) is 0.600. The second kappa shape index (κ2) is 4.04. The number of hydrogen-bond acceptors (Lipinski definition) is 3. The van der Waals surface area contributed by atoms with E-state index in [1.807, 2.05) is 19.2 Å². The third-order valence-electron chi connectivity index (χ3n) is 2.87. The van der Waals surface area contributed by atoms with Crippen LogP contribution in [0.15, 0.2) is 21.2 Å². The van der Waals surface area contributed by atoms with Crippen LogP contribution in [0.5, 0.6) is 0 Å². The van der Waals surface area contributed by atoms with Gasteiger partial charge in [-0.2, -0.15) is 0 Å². The minimum Gasteiger partial charge on any atom is -0.452 e. The monoisotopic (exact) mass is 259 g/mol. The molecule has 0 unspecified atom stereocenters. The summed E-state index contributed by atoms with van der Waals surface area (Å²) in [4.78, 5) is 0. The summed E-state index contributed by atoms with van der Waals surface area (Å²) in [6, 6.07) is 3.95. The van der Waals surface area contributed by atoms with E-state index in [2.05, 4.69) is 21.2 Å². The van der Waals surface area contributed by atoms with E-state index >= 15 is 0 Å². The van der Waals surface area contributed by atoms with Crippen LogP contribution >= 0.6 is 15.9 Å². The van der Waals surface area contributed by atoms with Crippen molar-refractivity contribution in [2.75, 3.05) is 20.3 Å². The van der Waals surface area contributed by atoms with Crippen LogP contribution in [0.25, 0.3) is 0 Å². The minimum absolute atomic E-state index is 0.0374. The molecule has 1 aromatic heterocycles. The Morgan fingerprint density at radius 1 is 1.36 bits per heavy atom. The Bertz CT molecular complexity index is 305. The molecule has 14 heavy (non-hydrogen) atoms. The fourth-order valence-electron chi connectivity index (χ4n) is 1.91. The highest BCUT2D eigenvalue weighted by molar-refractivity contribution is 9.10. The fourth-order valence-corrected chi connectivity index (χ4v) is 2.22. The number of nitrogens with one attached hydrogen (secondary N) is 1. The molecular formula is C10H14BrNO2. The zero-order chi connectivity index (χ0) is 10.0. The third kappa shape index (κ3) is 1.74. The Kier molecular flexibility index (Phi) is 2.95. The van der Waals surface area contributed by atoms with Crippen molar-refractivity contribution in [3.8, 4) is 0 Å². The Balaban J connectivity index is 2.26. The molecule has 1 saturated heterocycles. The van der Waals surface area contributed by atoms with E-state index in [0.717, 1.165) is 36.5 Å². The lowest BCUT2D eigenvalue weighted by Gasteiger charge is -2.35. The Morgan fingerprint density at radius 3 is 2.57 bits per heavy atom. The Morgan fingerprint density at radius 2 is 2.07 bits per heavy atom. The van der Waals surface area contributed by atoms with Gasteiger partial charge in [0.2, 0.25) is 0 Å². The first-order chi connectivity index (χ1) is 6.77. The number of ether oxygens (including phenoxy) is 1. The summed E-state index contributed by atoms with van der Waals surface area (Å²) in [5, 5.41) is 3.35. The summed E-state index contributed by atoms with van der Waals surface area (Å²) in [7, 11) is 1.97. The summed E-state index contributed by atoms with van der Waals surface area (Å²) in [5.74, 6) is 0.996. The van der Waals surface area contributed by atoms with Gasteiger partial charge in [-0.3, -0.25) is 0 Å². The summed E-state index contributed by atoms with van der Waals surface area (Å²) in [5.41, 5.74) is -0.0374. The number of hydrogen-bond donors (Lipinski definition) is 1. The van der Waals surface area contributed by atoms with E-state index in [1.54, 1.807) is 0 Å². The van der Waals surface area contributed by atoms with Crippen molar-refractivity contribution in [1.82, 2.24) is 5.32 Å². The lowest BCUT2D eigenvalue weighted by atomic mass is 9.88. The maximum Gasteiger partial charge on any atom is 0.169 e. The standard InChI is InChI=1S/C10H14BrNO2/c1-12-10(4-6-13-7-5-10)8-2-3-9(11)14-8/h2-3,12H,4-7H2,1H3. The molecule has 0 saturated carbocycles. The van der Waals surface area contributed by atoms with E-state index in [9.17, 15) is 0 Å². The summed E-state index contributed by atoms with van der Waals surface area (Å²) in [6.07, 6.45) is 1.92. The van der Waals surface area contributed by atoms with Crippen molar-refractivity contribution in [1.29, 1.82) is 0 Å². The average molecular weight is 260 g/mol. The third-order valence-corrected chi connectivity index (χ3v) is 3.30. The van der Waals surface area contributed by atoms with Crippen molar-refractivity contribution in [2.24, 2.45) is 0 Å². The maximum absolute atomic E-state index is 5.62. The molecule has 0 radical (unpaired) electrons. The van der Waals surface area contributed by atoms with Gasteiger partial charge in [0.15, 0.2) is 4.67 Å². The molecular weight excluding hydrogens is 246 g/mol. The summed E-state index contributed by atoms with van der Waals surface area (Å²) >= 11 is 3.33. The SMILES string of the molecule is CNC1(c2ccc(Br)o2)CCOCC1. The maximum atomic E-state index is 5.62. The molecule has 4 heteroatoms. The van der Waals surface area contributed by atoms with E-state index in [1.165, 1.54) is 0 Å². The molecule has 78 valence electrons. The van der Waals surface area contributed by atoms with Gasteiger partial charge in [0.25, 0.3) is 0 Å². The average Bonchev–Trinajstić information content (AvgIpc) is 2.66. The first kappa shape index (κ1) is 10.2. The van der Waals surface area contributed by atoms with Crippen molar-refractivity contribution >= 4 is 15.9 Å². The predicted octanol–water partition coefficient (Wildman–Crippen LogP) is 2.27. The van der Waals surface area contributed by atoms with E-state index in [0.29, 0.717) is 0 Å². The van der Waals surface area contributed by atoms with Crippen molar-refractivity contribution < 1.29 is 9.15 Å². The molecule has 1 aliphatic rings. The zero-order valence-electron chi connectivity index (χ0n) is 8.18. The smallest absolute Gasteiger partial charge is 0.169 e. The summed E-state index contributed by atoms with van der Waals surface area (Å²) < 4.78 is 11.8. The lowest BCUT2D eigenvalue weighted by Crippen LogP contribution is -2.44. The number of halogens is 1. The second-order valence-corrected chi connectivity index (χ2v) is 4.33. The van der Waals surface area contributed by atoms with Crippen molar-refractivity contribution in [3.05, 3.63) is 22.6 Å². The van der Waals surface area contributed by atoms with Gasteiger partial charge in [0.1, 0.15) is 5.76 Å². The normalized spacial score (nSPS) is 21.0. The Hall–Kier alpha value is -0.320. The van der Waals surface area contributed by atoms with Crippen molar-refractivity contribution in [3.63, 3.8) is 0 Å². The number of furan rings is 1. The molecule has 0 aliphatic carbocycles. The van der Waals surface area contributed by atoms with Crippen LogP contribution in [-0.4, -0.2) is 20.3 Å². The highest BCUT2D eigenvalue weighted by Gasteiger charge is 2.35.